The minimum atomic E-state index is -0.120. The van der Waals surface area contributed by atoms with E-state index in [-0.39, 0.29) is 17.9 Å². The van der Waals surface area contributed by atoms with Crippen molar-refractivity contribution >= 4 is 22.6 Å². The number of ether oxygens (including phenoxy) is 1. The Morgan fingerprint density at radius 3 is 2.91 bits per heavy atom. The summed E-state index contributed by atoms with van der Waals surface area (Å²) in [5, 5.41) is 6.97. The molecule has 0 fully saturated rings. The Morgan fingerprint density at radius 1 is 1.18 bits per heavy atom. The fourth-order valence-corrected chi connectivity index (χ4v) is 4.33. The first-order chi connectivity index (χ1) is 16.5. The highest BCUT2D eigenvalue weighted by molar-refractivity contribution is 6.06. The molecule has 3 aromatic heterocycles. The van der Waals surface area contributed by atoms with Crippen LogP contribution in [0.1, 0.15) is 53.0 Å². The minimum Gasteiger partial charge on any atom is -0.369 e. The number of hydrogen-bond acceptors (Lipinski definition) is 7. The average molecular weight is 455 g/mol. The summed E-state index contributed by atoms with van der Waals surface area (Å²) in [6.45, 7) is 5.36. The van der Waals surface area contributed by atoms with Gasteiger partial charge in [0.2, 0.25) is 0 Å². The fourth-order valence-electron chi connectivity index (χ4n) is 4.33. The average Bonchev–Trinajstić information content (AvgIpc) is 3.26. The highest BCUT2D eigenvalue weighted by Gasteiger charge is 2.21. The molecule has 4 aromatic rings. The zero-order chi connectivity index (χ0) is 23.7. The molecule has 0 saturated carbocycles. The molecule has 8 nitrogen and oxygen atoms in total. The number of fused-ring (bicyclic) bond motifs is 2. The van der Waals surface area contributed by atoms with Crippen LogP contribution >= 0.6 is 0 Å². The van der Waals surface area contributed by atoms with Crippen molar-refractivity contribution in [3.63, 3.8) is 0 Å². The second-order valence-corrected chi connectivity index (χ2v) is 8.46. The van der Waals surface area contributed by atoms with Gasteiger partial charge in [0, 0.05) is 54.5 Å². The lowest BCUT2D eigenvalue weighted by Crippen LogP contribution is -2.18. The van der Waals surface area contributed by atoms with Crippen LogP contribution in [0, 0.1) is 0 Å². The second-order valence-electron chi connectivity index (χ2n) is 8.46. The molecule has 2 N–H and O–H groups in total. The molecule has 4 heterocycles. The highest BCUT2D eigenvalue weighted by atomic mass is 16.5. The van der Waals surface area contributed by atoms with Crippen LogP contribution in [0.15, 0.2) is 55.1 Å². The predicted octanol–water partition coefficient (Wildman–Crippen LogP) is 4.25. The first-order valence-electron chi connectivity index (χ1n) is 11.3. The number of pyridine rings is 2. The first-order valence-corrected chi connectivity index (χ1v) is 11.3. The van der Waals surface area contributed by atoms with E-state index in [1.165, 1.54) is 0 Å². The largest absolute Gasteiger partial charge is 0.369 e. The van der Waals surface area contributed by atoms with E-state index in [4.69, 9.17) is 4.74 Å². The fraction of sp³-hybridized carbons (Fsp3) is 0.269. The van der Waals surface area contributed by atoms with Gasteiger partial charge in [-0.2, -0.15) is 0 Å². The molecule has 2 atom stereocenters. The molecule has 0 bridgehead atoms. The van der Waals surface area contributed by atoms with Gasteiger partial charge in [-0.15, -0.1) is 0 Å². The Morgan fingerprint density at radius 2 is 2.06 bits per heavy atom. The van der Waals surface area contributed by atoms with Crippen LogP contribution in [0.3, 0.4) is 0 Å². The number of anilines is 1. The van der Waals surface area contributed by atoms with E-state index in [1.54, 1.807) is 25.6 Å². The number of para-hydroxylation sites is 1. The lowest BCUT2D eigenvalue weighted by atomic mass is 9.96. The minimum absolute atomic E-state index is 0.0426. The van der Waals surface area contributed by atoms with Crippen molar-refractivity contribution in [2.24, 2.45) is 0 Å². The van der Waals surface area contributed by atoms with Crippen LogP contribution in [0.25, 0.3) is 22.2 Å². The molecule has 1 aromatic carbocycles. The van der Waals surface area contributed by atoms with Crippen LogP contribution in [0.2, 0.25) is 0 Å². The number of carbonyl (C=O) groups excluding carboxylic acids is 1. The number of amides is 1. The number of aromatic nitrogens is 4. The summed E-state index contributed by atoms with van der Waals surface area (Å²) in [5.41, 5.74) is 6.37. The van der Waals surface area contributed by atoms with Gasteiger partial charge in [0.05, 0.1) is 35.2 Å². The third-order valence-electron chi connectivity index (χ3n) is 6.27. The van der Waals surface area contributed by atoms with Gasteiger partial charge >= 0.3 is 0 Å². The zero-order valence-electron chi connectivity index (χ0n) is 19.4. The third kappa shape index (κ3) is 4.08. The molecular weight excluding hydrogens is 428 g/mol. The van der Waals surface area contributed by atoms with Gasteiger partial charge in [0.1, 0.15) is 12.1 Å². The van der Waals surface area contributed by atoms with E-state index < -0.39 is 0 Å². The number of rotatable bonds is 6. The molecular formula is C26H26N6O2. The van der Waals surface area contributed by atoms with Crippen LogP contribution in [0.4, 0.5) is 5.82 Å². The maximum absolute atomic E-state index is 12.3. The molecule has 0 spiro atoms. The van der Waals surface area contributed by atoms with Gasteiger partial charge in [-0.1, -0.05) is 25.1 Å². The van der Waals surface area contributed by atoms with Crippen molar-refractivity contribution in [2.45, 2.75) is 32.5 Å². The molecule has 172 valence electrons. The van der Waals surface area contributed by atoms with E-state index in [9.17, 15) is 4.79 Å². The second kappa shape index (κ2) is 9.15. The summed E-state index contributed by atoms with van der Waals surface area (Å²) >= 11 is 0. The Kier molecular flexibility index (Phi) is 5.90. The lowest BCUT2D eigenvalue weighted by Gasteiger charge is -2.16. The quantitative estimate of drug-likeness (QED) is 0.449. The van der Waals surface area contributed by atoms with Gasteiger partial charge < -0.3 is 15.4 Å². The van der Waals surface area contributed by atoms with Crippen LogP contribution in [-0.4, -0.2) is 39.4 Å². The van der Waals surface area contributed by atoms with Crippen molar-refractivity contribution in [1.82, 2.24) is 25.3 Å². The first kappa shape index (κ1) is 21.9. The van der Waals surface area contributed by atoms with Gasteiger partial charge in [-0.25, -0.2) is 9.97 Å². The molecule has 0 saturated heterocycles. The molecule has 1 aliphatic heterocycles. The van der Waals surface area contributed by atoms with Crippen molar-refractivity contribution in [1.29, 1.82) is 0 Å². The SMILES string of the molecule is CNC(=O)c1ccnc2c([C@H](C)CNc3cc(-c4cnc5c(c4)[C@@H](C)OC5)ncn3)cccc12. The summed E-state index contributed by atoms with van der Waals surface area (Å²) in [5.74, 6) is 0.751. The van der Waals surface area contributed by atoms with E-state index >= 15 is 0 Å². The van der Waals surface area contributed by atoms with Gasteiger partial charge in [-0.05, 0) is 24.6 Å². The van der Waals surface area contributed by atoms with Gasteiger partial charge in [-0.3, -0.25) is 14.8 Å². The molecule has 1 amide bonds. The van der Waals surface area contributed by atoms with Crippen molar-refractivity contribution < 1.29 is 9.53 Å². The summed E-state index contributed by atoms with van der Waals surface area (Å²) in [6.07, 6.45) is 5.12. The predicted molar refractivity (Wildman–Crippen MR) is 131 cm³/mol. The van der Waals surface area contributed by atoms with Crippen LogP contribution < -0.4 is 10.6 Å². The molecule has 0 unspecified atom stereocenters. The monoisotopic (exact) mass is 454 g/mol. The Hall–Kier alpha value is -3.91. The number of nitrogens with zero attached hydrogens (tertiary/aromatic N) is 4. The van der Waals surface area contributed by atoms with Crippen LogP contribution in [-0.2, 0) is 11.3 Å². The van der Waals surface area contributed by atoms with E-state index in [1.807, 2.05) is 31.3 Å². The van der Waals surface area contributed by atoms with E-state index in [0.717, 1.165) is 44.8 Å². The van der Waals surface area contributed by atoms with Crippen molar-refractivity contribution in [3.8, 4) is 11.3 Å². The zero-order valence-corrected chi connectivity index (χ0v) is 19.4. The van der Waals surface area contributed by atoms with Crippen molar-refractivity contribution in [2.75, 3.05) is 18.9 Å². The van der Waals surface area contributed by atoms with Gasteiger partial charge in [0.25, 0.3) is 5.91 Å². The van der Waals surface area contributed by atoms with Crippen molar-refractivity contribution in [3.05, 3.63) is 77.5 Å². The lowest BCUT2D eigenvalue weighted by molar-refractivity contribution is 0.0787. The Labute approximate surface area is 197 Å². The van der Waals surface area contributed by atoms with Gasteiger partial charge in [0.15, 0.2) is 0 Å². The number of nitrogens with one attached hydrogen (secondary N) is 2. The standard InChI is InChI=1S/C26H26N6O2/c1-15(18-5-4-6-19-20(26(33)27-3)7-8-28-25(18)19)11-30-24-10-22(31-14-32-24)17-9-21-16(2)34-13-23(21)29-12-17/h4-10,12,14-16H,11,13H2,1-3H3,(H,27,33)(H,30,31,32)/t15-,16-/m1/s1. The molecule has 34 heavy (non-hydrogen) atoms. The van der Waals surface area contributed by atoms with E-state index in [0.29, 0.717) is 18.7 Å². The molecule has 1 aliphatic rings. The maximum atomic E-state index is 12.3. The normalized spacial score (nSPS) is 15.7. The molecule has 0 aliphatic carbocycles. The van der Waals surface area contributed by atoms with E-state index in [2.05, 4.69) is 49.6 Å². The molecule has 8 heteroatoms. The summed E-state index contributed by atoms with van der Waals surface area (Å²) < 4.78 is 5.67. The Bertz CT molecular complexity index is 1370. The number of carbonyl (C=O) groups is 1. The highest BCUT2D eigenvalue weighted by Crippen LogP contribution is 2.32. The topological polar surface area (TPSA) is 102 Å². The number of benzene rings is 1. The summed E-state index contributed by atoms with van der Waals surface area (Å²) in [7, 11) is 1.63. The third-order valence-corrected chi connectivity index (χ3v) is 6.27. The molecule has 0 radical (unpaired) electrons. The summed E-state index contributed by atoms with van der Waals surface area (Å²) in [6, 6.07) is 11.7. The number of hydrogen-bond donors (Lipinski definition) is 2. The summed E-state index contributed by atoms with van der Waals surface area (Å²) in [4.78, 5) is 30.2. The van der Waals surface area contributed by atoms with Crippen LogP contribution in [0.5, 0.6) is 0 Å². The Balaban J connectivity index is 1.36. The smallest absolute Gasteiger partial charge is 0.251 e. The molecule has 5 rings (SSSR count). The maximum Gasteiger partial charge on any atom is 0.251 e.